The second-order valence-corrected chi connectivity index (χ2v) is 8.10. The molecule has 0 unspecified atom stereocenters. The molecule has 0 amide bonds. The number of fused-ring (bicyclic) bond motifs is 1. The number of aliphatic hydroxyl groups excluding tert-OH is 1. The normalized spacial score (nSPS) is 13.9. The van der Waals surface area contributed by atoms with E-state index in [0.717, 1.165) is 55.5 Å². The van der Waals surface area contributed by atoms with Crippen LogP contribution in [0, 0.1) is 0 Å². The molecule has 1 fully saturated rings. The lowest BCUT2D eigenvalue weighted by Crippen LogP contribution is -2.46. The van der Waals surface area contributed by atoms with Gasteiger partial charge in [-0.15, -0.1) is 0 Å². The Bertz CT molecular complexity index is 1180. The summed E-state index contributed by atoms with van der Waals surface area (Å²) in [5, 5.41) is 26.1. The zero-order valence-electron chi connectivity index (χ0n) is 20.2. The molecule has 1 aliphatic rings. The number of carbonyl (C=O) groups is 2. The number of anilines is 1. The standard InChI is InChI=1S/C25H29N3O2.C2H2O4/c1-2-27-13-15-28(16-14-27)25-24-6-4-3-5-21(24)19-22(26-25)10-7-20-8-11-23(12-9-20)30-18-17-29;3-1(4)2(5)6/h3-12,19,29H,2,13-18H2,1H3;(H,3,4)(H,5,6)/b10-7+;. The summed E-state index contributed by atoms with van der Waals surface area (Å²) in [6, 6.07) is 18.5. The van der Waals surface area contributed by atoms with Gasteiger partial charge in [-0.25, -0.2) is 14.6 Å². The fourth-order valence-corrected chi connectivity index (χ4v) is 3.82. The number of aliphatic carboxylic acids is 2. The summed E-state index contributed by atoms with van der Waals surface area (Å²) in [6.07, 6.45) is 4.15. The molecule has 0 spiro atoms. The van der Waals surface area contributed by atoms with E-state index in [2.05, 4.69) is 59.2 Å². The van der Waals surface area contributed by atoms with Crippen LogP contribution in [0.4, 0.5) is 5.82 Å². The Morgan fingerprint density at radius 2 is 1.64 bits per heavy atom. The van der Waals surface area contributed by atoms with Crippen molar-refractivity contribution in [2.45, 2.75) is 6.92 Å². The molecule has 9 heteroatoms. The van der Waals surface area contributed by atoms with Gasteiger partial charge in [-0.2, -0.15) is 0 Å². The van der Waals surface area contributed by atoms with E-state index in [0.29, 0.717) is 6.61 Å². The summed E-state index contributed by atoms with van der Waals surface area (Å²) < 4.78 is 5.42. The minimum Gasteiger partial charge on any atom is -0.491 e. The topological polar surface area (TPSA) is 123 Å². The SMILES string of the molecule is CCN1CCN(c2nc(/C=C/c3ccc(OCCO)cc3)cc3ccccc23)CC1.O=C(O)C(=O)O. The van der Waals surface area contributed by atoms with Crippen LogP contribution >= 0.6 is 0 Å². The van der Waals surface area contributed by atoms with Gasteiger partial charge in [0.2, 0.25) is 0 Å². The van der Waals surface area contributed by atoms with Gasteiger partial charge in [0, 0.05) is 31.6 Å². The van der Waals surface area contributed by atoms with E-state index < -0.39 is 11.9 Å². The number of nitrogens with zero attached hydrogens (tertiary/aromatic N) is 3. The molecule has 1 saturated heterocycles. The van der Waals surface area contributed by atoms with Crippen molar-refractivity contribution in [1.29, 1.82) is 0 Å². The van der Waals surface area contributed by atoms with Crippen molar-refractivity contribution in [3.8, 4) is 5.75 Å². The number of carboxylic acid groups (broad SMARTS) is 2. The highest BCUT2D eigenvalue weighted by atomic mass is 16.5. The van der Waals surface area contributed by atoms with Crippen LogP contribution in [0.3, 0.4) is 0 Å². The Morgan fingerprint density at radius 3 is 2.25 bits per heavy atom. The first-order chi connectivity index (χ1) is 17.4. The van der Waals surface area contributed by atoms with Gasteiger partial charge in [0.25, 0.3) is 0 Å². The largest absolute Gasteiger partial charge is 0.491 e. The lowest BCUT2D eigenvalue weighted by molar-refractivity contribution is -0.159. The number of carboxylic acids is 2. The number of piperazine rings is 1. The average molecular weight is 494 g/mol. The maximum Gasteiger partial charge on any atom is 0.414 e. The first-order valence-corrected chi connectivity index (χ1v) is 11.8. The van der Waals surface area contributed by atoms with Crippen LogP contribution in [0.25, 0.3) is 22.9 Å². The Hall–Kier alpha value is -3.95. The van der Waals surface area contributed by atoms with E-state index >= 15 is 0 Å². The molecule has 4 rings (SSSR count). The maximum absolute atomic E-state index is 9.10. The molecule has 1 aromatic heterocycles. The molecular formula is C27H31N3O6. The zero-order valence-corrected chi connectivity index (χ0v) is 20.2. The number of hydrogen-bond donors (Lipinski definition) is 3. The van der Waals surface area contributed by atoms with Gasteiger partial charge in [0.05, 0.1) is 12.3 Å². The Labute approximate surface area is 209 Å². The second-order valence-electron chi connectivity index (χ2n) is 8.10. The predicted molar refractivity (Wildman–Crippen MR) is 139 cm³/mol. The van der Waals surface area contributed by atoms with Crippen LogP contribution in [0.15, 0.2) is 54.6 Å². The van der Waals surface area contributed by atoms with Gasteiger partial charge in [-0.1, -0.05) is 49.4 Å². The highest BCUT2D eigenvalue weighted by Gasteiger charge is 2.19. The molecule has 0 atom stereocenters. The number of rotatable bonds is 7. The molecule has 2 heterocycles. The van der Waals surface area contributed by atoms with Crippen molar-refractivity contribution >= 4 is 40.7 Å². The van der Waals surface area contributed by atoms with Crippen molar-refractivity contribution in [1.82, 2.24) is 9.88 Å². The fraction of sp³-hybridized carbons (Fsp3) is 0.296. The van der Waals surface area contributed by atoms with Crippen molar-refractivity contribution in [3.05, 3.63) is 65.9 Å². The minimum atomic E-state index is -1.82. The monoisotopic (exact) mass is 493 g/mol. The van der Waals surface area contributed by atoms with Gasteiger partial charge in [0.1, 0.15) is 18.2 Å². The highest BCUT2D eigenvalue weighted by Crippen LogP contribution is 2.27. The van der Waals surface area contributed by atoms with Crippen molar-refractivity contribution < 1.29 is 29.6 Å². The van der Waals surface area contributed by atoms with E-state index in [1.807, 2.05) is 24.3 Å². The molecule has 3 aromatic rings. The summed E-state index contributed by atoms with van der Waals surface area (Å²) in [7, 11) is 0. The molecule has 0 saturated carbocycles. The molecule has 2 aromatic carbocycles. The fourth-order valence-electron chi connectivity index (χ4n) is 3.82. The van der Waals surface area contributed by atoms with E-state index in [4.69, 9.17) is 34.6 Å². The third-order valence-electron chi connectivity index (χ3n) is 5.73. The number of hydrogen-bond acceptors (Lipinski definition) is 7. The number of benzene rings is 2. The lowest BCUT2D eigenvalue weighted by Gasteiger charge is -2.35. The first-order valence-electron chi connectivity index (χ1n) is 11.8. The van der Waals surface area contributed by atoms with E-state index in [1.54, 1.807) is 0 Å². The van der Waals surface area contributed by atoms with Gasteiger partial charge < -0.3 is 29.9 Å². The number of likely N-dealkylation sites (N-methyl/N-ethyl adjacent to an activating group) is 1. The molecule has 36 heavy (non-hydrogen) atoms. The Morgan fingerprint density at radius 1 is 0.972 bits per heavy atom. The molecular weight excluding hydrogens is 462 g/mol. The Kier molecular flexibility index (Phi) is 9.79. The van der Waals surface area contributed by atoms with E-state index in [1.165, 1.54) is 10.8 Å². The number of ether oxygens (including phenoxy) is 1. The molecule has 3 N–H and O–H groups in total. The lowest BCUT2D eigenvalue weighted by atomic mass is 10.1. The molecule has 0 radical (unpaired) electrons. The van der Waals surface area contributed by atoms with Crippen LogP contribution in [0.1, 0.15) is 18.2 Å². The van der Waals surface area contributed by atoms with Crippen LogP contribution in [0.5, 0.6) is 5.75 Å². The molecule has 190 valence electrons. The van der Waals surface area contributed by atoms with Crippen LogP contribution in [0.2, 0.25) is 0 Å². The summed E-state index contributed by atoms with van der Waals surface area (Å²) in [5.41, 5.74) is 2.04. The van der Waals surface area contributed by atoms with Gasteiger partial charge in [-0.3, -0.25) is 0 Å². The van der Waals surface area contributed by atoms with Gasteiger partial charge >= 0.3 is 11.9 Å². The van der Waals surface area contributed by atoms with Crippen LogP contribution in [-0.4, -0.2) is 83.1 Å². The highest BCUT2D eigenvalue weighted by molar-refractivity contribution is 6.27. The minimum absolute atomic E-state index is 0.0190. The quantitative estimate of drug-likeness (QED) is 0.426. The molecule has 9 nitrogen and oxygen atoms in total. The van der Waals surface area contributed by atoms with Crippen LogP contribution < -0.4 is 9.64 Å². The van der Waals surface area contributed by atoms with Crippen molar-refractivity contribution in [3.63, 3.8) is 0 Å². The predicted octanol–water partition coefficient (Wildman–Crippen LogP) is 3.07. The number of pyridine rings is 1. The number of aliphatic hydroxyl groups is 1. The average Bonchev–Trinajstić information content (AvgIpc) is 2.91. The molecule has 1 aliphatic heterocycles. The summed E-state index contributed by atoms with van der Waals surface area (Å²) >= 11 is 0. The van der Waals surface area contributed by atoms with Crippen LogP contribution in [-0.2, 0) is 9.59 Å². The summed E-state index contributed by atoms with van der Waals surface area (Å²) in [5.74, 6) is -1.81. The van der Waals surface area contributed by atoms with Gasteiger partial charge in [0.15, 0.2) is 0 Å². The van der Waals surface area contributed by atoms with Crippen molar-refractivity contribution in [2.24, 2.45) is 0 Å². The van der Waals surface area contributed by atoms with E-state index in [9.17, 15) is 0 Å². The second kappa shape index (κ2) is 13.2. The van der Waals surface area contributed by atoms with E-state index in [-0.39, 0.29) is 6.61 Å². The third-order valence-corrected chi connectivity index (χ3v) is 5.73. The van der Waals surface area contributed by atoms with Gasteiger partial charge in [-0.05, 0) is 41.8 Å². The Balaban J connectivity index is 0.000000538. The smallest absolute Gasteiger partial charge is 0.414 e. The summed E-state index contributed by atoms with van der Waals surface area (Å²) in [4.78, 5) is 28.1. The first kappa shape index (κ1) is 26.7. The summed E-state index contributed by atoms with van der Waals surface area (Å²) in [6.45, 7) is 7.83. The molecule has 0 aliphatic carbocycles. The van der Waals surface area contributed by atoms with Crippen molar-refractivity contribution in [2.75, 3.05) is 50.8 Å². The number of aromatic nitrogens is 1. The molecule has 0 bridgehead atoms. The third kappa shape index (κ3) is 7.53. The zero-order chi connectivity index (χ0) is 25.9. The maximum atomic E-state index is 9.10.